The van der Waals surface area contributed by atoms with Crippen molar-refractivity contribution in [3.05, 3.63) is 46.4 Å². The minimum Gasteiger partial charge on any atom is -0.492 e. The van der Waals surface area contributed by atoms with Gasteiger partial charge in [0.2, 0.25) is 5.88 Å². The zero-order valence-electron chi connectivity index (χ0n) is 10.6. The van der Waals surface area contributed by atoms with Gasteiger partial charge in [0.05, 0.1) is 6.42 Å². The maximum atomic E-state index is 11.3. The molecular formula is C13H17N2O3+. The second-order valence-corrected chi connectivity index (χ2v) is 4.25. The van der Waals surface area contributed by atoms with Gasteiger partial charge < -0.3 is 9.52 Å². The number of oxazole rings is 1. The molecule has 0 radical (unpaired) electrons. The van der Waals surface area contributed by atoms with Gasteiger partial charge >= 0.3 is 5.76 Å². The first-order valence-corrected chi connectivity index (χ1v) is 5.96. The zero-order chi connectivity index (χ0) is 13.1. The summed E-state index contributed by atoms with van der Waals surface area (Å²) < 4.78 is 7.86. The SMILES string of the molecule is CCc1ccc(CCn2c(O)coc2=O)[n+](C)c1. The van der Waals surface area contributed by atoms with Crippen LogP contribution in [0.2, 0.25) is 0 Å². The Morgan fingerprint density at radius 3 is 2.78 bits per heavy atom. The van der Waals surface area contributed by atoms with Crippen molar-refractivity contribution >= 4 is 0 Å². The molecule has 0 aliphatic carbocycles. The van der Waals surface area contributed by atoms with Gasteiger partial charge in [-0.25, -0.2) is 13.9 Å². The Morgan fingerprint density at radius 2 is 2.22 bits per heavy atom. The number of aromatic nitrogens is 2. The van der Waals surface area contributed by atoms with E-state index in [1.54, 1.807) is 0 Å². The van der Waals surface area contributed by atoms with E-state index in [0.29, 0.717) is 13.0 Å². The Kier molecular flexibility index (Phi) is 3.50. The molecule has 0 aromatic carbocycles. The lowest BCUT2D eigenvalue weighted by molar-refractivity contribution is -0.679. The van der Waals surface area contributed by atoms with Crippen LogP contribution in [0.15, 0.2) is 33.8 Å². The fourth-order valence-corrected chi connectivity index (χ4v) is 1.92. The number of hydrogen-bond acceptors (Lipinski definition) is 3. The van der Waals surface area contributed by atoms with E-state index in [9.17, 15) is 9.90 Å². The molecule has 0 unspecified atom stereocenters. The van der Waals surface area contributed by atoms with Crippen LogP contribution in [0.25, 0.3) is 0 Å². The van der Waals surface area contributed by atoms with Gasteiger partial charge in [-0.1, -0.05) is 6.92 Å². The number of rotatable bonds is 4. The summed E-state index contributed by atoms with van der Waals surface area (Å²) in [5, 5.41) is 9.42. The predicted octanol–water partition coefficient (Wildman–Crippen LogP) is 0.776. The lowest BCUT2D eigenvalue weighted by Crippen LogP contribution is -2.34. The minimum absolute atomic E-state index is 0.132. The fourth-order valence-electron chi connectivity index (χ4n) is 1.92. The van der Waals surface area contributed by atoms with Crippen LogP contribution in [0.1, 0.15) is 18.2 Å². The lowest BCUT2D eigenvalue weighted by atomic mass is 10.2. The molecule has 18 heavy (non-hydrogen) atoms. The Morgan fingerprint density at radius 1 is 1.44 bits per heavy atom. The molecule has 2 heterocycles. The van der Waals surface area contributed by atoms with Gasteiger partial charge in [0.25, 0.3) is 0 Å². The van der Waals surface area contributed by atoms with Gasteiger partial charge in [0.1, 0.15) is 7.05 Å². The highest BCUT2D eigenvalue weighted by atomic mass is 16.4. The standard InChI is InChI=1S/C13H16N2O3/c1-3-10-4-5-11(14(2)8-10)6-7-15-12(16)9-18-13(15)17/h4-5,8-9H,3,6-7H2,1-2H3/p+1. The smallest absolute Gasteiger partial charge is 0.421 e. The number of aromatic hydroxyl groups is 1. The van der Waals surface area contributed by atoms with E-state index in [-0.39, 0.29) is 5.88 Å². The van der Waals surface area contributed by atoms with Crippen LogP contribution in [-0.4, -0.2) is 9.67 Å². The molecule has 96 valence electrons. The van der Waals surface area contributed by atoms with E-state index in [0.717, 1.165) is 18.4 Å². The molecule has 0 atom stereocenters. The highest BCUT2D eigenvalue weighted by Gasteiger charge is 2.11. The third-order valence-electron chi connectivity index (χ3n) is 3.06. The largest absolute Gasteiger partial charge is 0.492 e. The molecule has 2 rings (SSSR count). The van der Waals surface area contributed by atoms with Crippen molar-refractivity contribution in [2.45, 2.75) is 26.3 Å². The summed E-state index contributed by atoms with van der Waals surface area (Å²) in [7, 11) is 1.98. The molecule has 2 aromatic heterocycles. The van der Waals surface area contributed by atoms with Crippen LogP contribution in [0, 0.1) is 0 Å². The monoisotopic (exact) mass is 249 g/mol. The molecule has 1 N–H and O–H groups in total. The van der Waals surface area contributed by atoms with Crippen LogP contribution < -0.4 is 10.3 Å². The fraction of sp³-hybridized carbons (Fsp3) is 0.385. The van der Waals surface area contributed by atoms with Crippen molar-refractivity contribution in [3.63, 3.8) is 0 Å². The Labute approximate surface area is 105 Å². The molecule has 5 heteroatoms. The molecule has 5 nitrogen and oxygen atoms in total. The number of aryl methyl sites for hydroxylation is 3. The van der Waals surface area contributed by atoms with Crippen LogP contribution in [-0.2, 0) is 26.4 Å². The summed E-state index contributed by atoms with van der Waals surface area (Å²) in [6.45, 7) is 2.51. The third-order valence-corrected chi connectivity index (χ3v) is 3.06. The molecule has 0 bridgehead atoms. The first kappa shape index (κ1) is 12.4. The summed E-state index contributed by atoms with van der Waals surface area (Å²) in [5.41, 5.74) is 2.37. The molecule has 0 saturated heterocycles. The number of pyridine rings is 1. The maximum Gasteiger partial charge on any atom is 0.421 e. The average Bonchev–Trinajstić information content (AvgIpc) is 2.68. The minimum atomic E-state index is -0.527. The van der Waals surface area contributed by atoms with Crippen molar-refractivity contribution < 1.29 is 14.1 Å². The van der Waals surface area contributed by atoms with Gasteiger partial charge in [-0.05, 0) is 12.5 Å². The molecule has 0 aliphatic heterocycles. The summed E-state index contributed by atoms with van der Waals surface area (Å²) in [4.78, 5) is 11.3. The highest BCUT2D eigenvalue weighted by molar-refractivity contribution is 5.09. The van der Waals surface area contributed by atoms with Crippen LogP contribution in [0.5, 0.6) is 5.88 Å². The van der Waals surface area contributed by atoms with E-state index >= 15 is 0 Å². The third kappa shape index (κ3) is 2.45. The van der Waals surface area contributed by atoms with E-state index in [1.807, 2.05) is 17.7 Å². The van der Waals surface area contributed by atoms with Gasteiger partial charge in [0.15, 0.2) is 18.2 Å². The van der Waals surface area contributed by atoms with E-state index in [4.69, 9.17) is 0 Å². The normalized spacial score (nSPS) is 10.8. The van der Waals surface area contributed by atoms with Crippen molar-refractivity contribution in [2.24, 2.45) is 7.05 Å². The molecule has 2 aromatic rings. The van der Waals surface area contributed by atoms with E-state index < -0.39 is 5.76 Å². The second kappa shape index (κ2) is 5.08. The Hall–Kier alpha value is -2.04. The average molecular weight is 249 g/mol. The van der Waals surface area contributed by atoms with Crippen LogP contribution >= 0.6 is 0 Å². The van der Waals surface area contributed by atoms with Gasteiger partial charge in [0, 0.05) is 18.2 Å². The van der Waals surface area contributed by atoms with Crippen molar-refractivity contribution in [1.29, 1.82) is 0 Å². The van der Waals surface area contributed by atoms with Crippen molar-refractivity contribution in [1.82, 2.24) is 4.57 Å². The topological polar surface area (TPSA) is 59.2 Å². The first-order chi connectivity index (χ1) is 8.61. The summed E-state index contributed by atoms with van der Waals surface area (Å²) in [6.07, 6.45) is 4.79. The lowest BCUT2D eigenvalue weighted by Gasteiger charge is -2.03. The first-order valence-electron chi connectivity index (χ1n) is 5.96. The highest BCUT2D eigenvalue weighted by Crippen LogP contribution is 2.06. The molecule has 0 saturated carbocycles. The summed E-state index contributed by atoms with van der Waals surface area (Å²) in [5.74, 6) is -0.659. The van der Waals surface area contributed by atoms with Gasteiger partial charge in [-0.15, -0.1) is 0 Å². The second-order valence-electron chi connectivity index (χ2n) is 4.25. The summed E-state index contributed by atoms with van der Waals surface area (Å²) >= 11 is 0. The molecule has 0 aliphatic rings. The predicted molar refractivity (Wildman–Crippen MR) is 65.3 cm³/mol. The molecule has 0 fully saturated rings. The van der Waals surface area contributed by atoms with Crippen LogP contribution in [0.3, 0.4) is 0 Å². The quantitative estimate of drug-likeness (QED) is 0.814. The molecule has 0 spiro atoms. The number of hydrogen-bond donors (Lipinski definition) is 1. The zero-order valence-corrected chi connectivity index (χ0v) is 10.6. The van der Waals surface area contributed by atoms with E-state index in [2.05, 4.69) is 23.6 Å². The van der Waals surface area contributed by atoms with Crippen molar-refractivity contribution in [3.8, 4) is 5.88 Å². The molecular weight excluding hydrogens is 232 g/mol. The van der Waals surface area contributed by atoms with Gasteiger partial charge in [-0.3, -0.25) is 0 Å². The number of nitrogens with zero attached hydrogens (tertiary/aromatic N) is 2. The maximum absolute atomic E-state index is 11.3. The van der Waals surface area contributed by atoms with Crippen molar-refractivity contribution in [2.75, 3.05) is 0 Å². The summed E-state index contributed by atoms with van der Waals surface area (Å²) in [6, 6.07) is 4.12. The Balaban J connectivity index is 2.13. The van der Waals surface area contributed by atoms with E-state index in [1.165, 1.54) is 10.1 Å². The Bertz CT molecular complexity index is 599. The van der Waals surface area contributed by atoms with Crippen LogP contribution in [0.4, 0.5) is 0 Å². The van der Waals surface area contributed by atoms with Gasteiger partial charge in [-0.2, -0.15) is 0 Å². The molecule has 0 amide bonds.